The minimum absolute atomic E-state index is 0.0434. The molecule has 1 aliphatic carbocycles. The fourth-order valence-corrected chi connectivity index (χ4v) is 1.94. The summed E-state index contributed by atoms with van der Waals surface area (Å²) in [5.41, 5.74) is -0.290. The average Bonchev–Trinajstić information content (AvgIpc) is 2.09. The molecular weight excluding hydrogens is 218 g/mol. The molecule has 0 aromatic carbocycles. The third-order valence-corrected chi connectivity index (χ3v) is 3.21. The zero-order chi connectivity index (χ0) is 13.1. The predicted molar refractivity (Wildman–Crippen MR) is 65.7 cm³/mol. The molecule has 0 spiro atoms. The lowest BCUT2D eigenvalue weighted by Crippen LogP contribution is -2.48. The van der Waals surface area contributed by atoms with Crippen molar-refractivity contribution in [2.45, 2.75) is 53.0 Å². The van der Waals surface area contributed by atoms with Crippen molar-refractivity contribution in [3.63, 3.8) is 0 Å². The zero-order valence-electron chi connectivity index (χ0n) is 11.2. The van der Waals surface area contributed by atoms with E-state index in [9.17, 15) is 9.59 Å². The number of hydrogen-bond acceptors (Lipinski definition) is 3. The molecule has 1 unspecified atom stereocenters. The van der Waals surface area contributed by atoms with Crippen molar-refractivity contribution < 1.29 is 14.3 Å². The van der Waals surface area contributed by atoms with Crippen molar-refractivity contribution in [1.29, 1.82) is 0 Å². The highest BCUT2D eigenvalue weighted by Gasteiger charge is 2.30. The van der Waals surface area contributed by atoms with Gasteiger partial charge < -0.3 is 10.1 Å². The smallest absolute Gasteiger partial charge is 0.407 e. The van der Waals surface area contributed by atoms with E-state index in [2.05, 4.69) is 5.32 Å². The third kappa shape index (κ3) is 4.36. The van der Waals surface area contributed by atoms with E-state index >= 15 is 0 Å². The van der Waals surface area contributed by atoms with Crippen molar-refractivity contribution in [2.75, 3.05) is 6.61 Å². The van der Waals surface area contributed by atoms with Gasteiger partial charge in [-0.25, -0.2) is 4.79 Å². The van der Waals surface area contributed by atoms with E-state index in [-0.39, 0.29) is 11.2 Å². The first kappa shape index (κ1) is 14.0. The third-order valence-electron chi connectivity index (χ3n) is 3.21. The Hall–Kier alpha value is -1.06. The number of carbonyl (C=O) groups is 2. The molecule has 1 N–H and O–H groups in total. The second kappa shape index (κ2) is 5.52. The van der Waals surface area contributed by atoms with Crippen LogP contribution in [0.5, 0.6) is 0 Å². The van der Waals surface area contributed by atoms with Gasteiger partial charge in [0.25, 0.3) is 0 Å². The second-order valence-corrected chi connectivity index (χ2v) is 5.95. The van der Waals surface area contributed by atoms with E-state index in [0.29, 0.717) is 12.5 Å². The molecule has 4 nitrogen and oxygen atoms in total. The highest BCUT2D eigenvalue weighted by atomic mass is 16.5. The van der Waals surface area contributed by atoms with Gasteiger partial charge in [0.15, 0.2) is 5.78 Å². The molecule has 17 heavy (non-hydrogen) atoms. The molecule has 4 heteroatoms. The van der Waals surface area contributed by atoms with E-state index in [1.807, 2.05) is 20.8 Å². The van der Waals surface area contributed by atoms with Gasteiger partial charge in [0.05, 0.1) is 12.6 Å². The minimum Gasteiger partial charge on any atom is -0.449 e. The number of Topliss-reactive ketones (excluding diaryl/α,β-unsaturated/α-hetero) is 1. The lowest BCUT2D eigenvalue weighted by molar-refractivity contribution is -0.121. The summed E-state index contributed by atoms with van der Waals surface area (Å²) in [6.45, 7) is 7.73. The fraction of sp³-hybridized carbons (Fsp3) is 0.846. The monoisotopic (exact) mass is 241 g/mol. The molecule has 1 fully saturated rings. The van der Waals surface area contributed by atoms with Crippen LogP contribution in [0.25, 0.3) is 0 Å². The van der Waals surface area contributed by atoms with Crippen LogP contribution in [0.1, 0.15) is 47.0 Å². The number of ether oxygens (including phenoxy) is 1. The number of hydrogen-bond donors (Lipinski definition) is 1. The SMILES string of the molecule is CC(=O)C(NC(=O)OCC1CCC1)C(C)(C)C. The Bertz CT molecular complexity index is 290. The van der Waals surface area contributed by atoms with Crippen molar-refractivity contribution in [1.82, 2.24) is 5.32 Å². The number of amides is 1. The van der Waals surface area contributed by atoms with Gasteiger partial charge in [0.2, 0.25) is 0 Å². The van der Waals surface area contributed by atoms with Crippen LogP contribution < -0.4 is 5.32 Å². The van der Waals surface area contributed by atoms with E-state index in [1.165, 1.54) is 13.3 Å². The van der Waals surface area contributed by atoms with E-state index in [0.717, 1.165) is 12.8 Å². The molecule has 0 heterocycles. The maximum Gasteiger partial charge on any atom is 0.407 e. The van der Waals surface area contributed by atoms with Crippen LogP contribution in [-0.2, 0) is 9.53 Å². The van der Waals surface area contributed by atoms with Gasteiger partial charge >= 0.3 is 6.09 Å². The van der Waals surface area contributed by atoms with Crippen LogP contribution >= 0.6 is 0 Å². The lowest BCUT2D eigenvalue weighted by atomic mass is 9.84. The maximum absolute atomic E-state index is 11.6. The summed E-state index contributed by atoms with van der Waals surface area (Å²) in [5, 5.41) is 2.65. The maximum atomic E-state index is 11.6. The Morgan fingerprint density at radius 2 is 1.94 bits per heavy atom. The molecule has 0 aromatic rings. The van der Waals surface area contributed by atoms with Crippen LogP contribution in [0.15, 0.2) is 0 Å². The van der Waals surface area contributed by atoms with Crippen molar-refractivity contribution in [3.8, 4) is 0 Å². The summed E-state index contributed by atoms with van der Waals surface area (Å²) < 4.78 is 5.12. The molecule has 1 rings (SSSR count). The number of ketones is 1. The highest BCUT2D eigenvalue weighted by molar-refractivity contribution is 5.86. The van der Waals surface area contributed by atoms with Crippen molar-refractivity contribution >= 4 is 11.9 Å². The molecule has 0 aliphatic heterocycles. The first-order valence-electron chi connectivity index (χ1n) is 6.24. The summed E-state index contributed by atoms with van der Waals surface area (Å²) in [7, 11) is 0. The molecule has 0 bridgehead atoms. The molecular formula is C13H23NO3. The fourth-order valence-electron chi connectivity index (χ4n) is 1.94. The van der Waals surface area contributed by atoms with E-state index in [4.69, 9.17) is 4.74 Å². The predicted octanol–water partition coefficient (Wildman–Crippen LogP) is 2.52. The van der Waals surface area contributed by atoms with Crippen LogP contribution in [-0.4, -0.2) is 24.5 Å². The zero-order valence-corrected chi connectivity index (χ0v) is 11.2. The van der Waals surface area contributed by atoms with Crippen LogP contribution in [0, 0.1) is 11.3 Å². The summed E-state index contributed by atoms with van der Waals surface area (Å²) in [5.74, 6) is 0.476. The molecule has 1 saturated carbocycles. The summed E-state index contributed by atoms with van der Waals surface area (Å²) in [6, 6.07) is -0.489. The van der Waals surface area contributed by atoms with E-state index in [1.54, 1.807) is 0 Å². The van der Waals surface area contributed by atoms with E-state index < -0.39 is 12.1 Å². The van der Waals surface area contributed by atoms with Crippen LogP contribution in [0.2, 0.25) is 0 Å². The molecule has 0 radical (unpaired) electrons. The van der Waals surface area contributed by atoms with Gasteiger partial charge in [-0.3, -0.25) is 4.79 Å². The quantitative estimate of drug-likeness (QED) is 0.822. The number of nitrogens with one attached hydrogen (secondary N) is 1. The highest BCUT2D eigenvalue weighted by Crippen LogP contribution is 2.26. The Balaban J connectivity index is 2.38. The molecule has 0 aromatic heterocycles. The van der Waals surface area contributed by atoms with Crippen LogP contribution in [0.4, 0.5) is 4.79 Å². The summed E-state index contributed by atoms with van der Waals surface area (Å²) in [6.07, 6.45) is 3.03. The van der Waals surface area contributed by atoms with Gasteiger partial charge in [-0.15, -0.1) is 0 Å². The molecule has 1 amide bonds. The Labute approximate surface area is 103 Å². The topological polar surface area (TPSA) is 55.4 Å². The normalized spacial score (nSPS) is 18.1. The largest absolute Gasteiger partial charge is 0.449 e. The first-order valence-corrected chi connectivity index (χ1v) is 6.24. The van der Waals surface area contributed by atoms with Crippen LogP contribution in [0.3, 0.4) is 0 Å². The van der Waals surface area contributed by atoms with Gasteiger partial charge in [-0.05, 0) is 31.1 Å². The minimum atomic E-state index is -0.489. The molecule has 98 valence electrons. The summed E-state index contributed by atoms with van der Waals surface area (Å²) in [4.78, 5) is 23.0. The Morgan fingerprint density at radius 3 is 2.29 bits per heavy atom. The van der Waals surface area contributed by atoms with Gasteiger partial charge in [-0.1, -0.05) is 27.2 Å². The summed E-state index contributed by atoms with van der Waals surface area (Å²) >= 11 is 0. The first-order chi connectivity index (χ1) is 7.80. The number of alkyl carbamates (subject to hydrolysis) is 1. The second-order valence-electron chi connectivity index (χ2n) is 5.95. The van der Waals surface area contributed by atoms with Gasteiger partial charge in [0, 0.05) is 0 Å². The average molecular weight is 241 g/mol. The van der Waals surface area contributed by atoms with Crippen molar-refractivity contribution in [2.24, 2.45) is 11.3 Å². The molecule has 1 aliphatic rings. The number of rotatable bonds is 4. The van der Waals surface area contributed by atoms with Crippen molar-refractivity contribution in [3.05, 3.63) is 0 Å². The Kier molecular flexibility index (Phi) is 4.54. The molecule has 0 saturated heterocycles. The standard InChI is InChI=1S/C13H23NO3/c1-9(15)11(13(2,3)4)14-12(16)17-8-10-6-5-7-10/h10-11H,5-8H2,1-4H3,(H,14,16). The Morgan fingerprint density at radius 1 is 1.35 bits per heavy atom. The molecule has 1 atom stereocenters. The van der Waals surface area contributed by atoms with Gasteiger partial charge in [0.1, 0.15) is 0 Å². The lowest BCUT2D eigenvalue weighted by Gasteiger charge is -2.30. The van der Waals surface area contributed by atoms with Gasteiger partial charge in [-0.2, -0.15) is 0 Å². The number of carbonyl (C=O) groups excluding carboxylic acids is 2.